The first-order valence-corrected chi connectivity index (χ1v) is 6.58. The fraction of sp³-hybridized carbons (Fsp3) is 0.167. The van der Waals surface area contributed by atoms with Crippen molar-refractivity contribution < 1.29 is 0 Å². The molecule has 0 fully saturated rings. The summed E-state index contributed by atoms with van der Waals surface area (Å²) in [6.45, 7) is 2.57. The van der Waals surface area contributed by atoms with Crippen LogP contribution in [0, 0.1) is 10.5 Å². The van der Waals surface area contributed by atoms with Gasteiger partial charge in [0.15, 0.2) is 0 Å². The number of hydrogen-bond acceptors (Lipinski definition) is 3. The predicted molar refractivity (Wildman–Crippen MR) is 78.3 cm³/mol. The summed E-state index contributed by atoms with van der Waals surface area (Å²) >= 11 is 8.16. The summed E-state index contributed by atoms with van der Waals surface area (Å²) in [7, 11) is 0. The lowest BCUT2D eigenvalue weighted by Crippen LogP contribution is -2.04. The molecule has 3 nitrogen and oxygen atoms in total. The molecule has 0 aliphatic rings. The highest BCUT2D eigenvalue weighted by Crippen LogP contribution is 2.22. The van der Waals surface area contributed by atoms with E-state index in [-0.39, 0.29) is 0 Å². The molecule has 0 spiro atoms. The molecule has 0 bridgehead atoms. The zero-order valence-electron chi connectivity index (χ0n) is 9.24. The number of nitrogens with zero attached hydrogens (tertiary/aromatic N) is 2. The highest BCUT2D eigenvalue weighted by Gasteiger charge is 2.01. The van der Waals surface area contributed by atoms with Crippen LogP contribution in [0.25, 0.3) is 0 Å². The Morgan fingerprint density at radius 3 is 2.88 bits per heavy atom. The second-order valence-electron chi connectivity index (χ2n) is 3.57. The third-order valence-electron chi connectivity index (χ3n) is 2.22. The molecular weight excluding hydrogens is 349 g/mol. The molecule has 0 amide bonds. The Morgan fingerprint density at radius 2 is 2.18 bits per heavy atom. The van der Waals surface area contributed by atoms with E-state index in [1.807, 2.05) is 31.2 Å². The number of halogens is 2. The molecule has 0 aliphatic heterocycles. The number of rotatable bonds is 3. The molecule has 1 aromatic carbocycles. The number of aromatic nitrogens is 2. The Balaban J connectivity index is 2.07. The summed E-state index contributed by atoms with van der Waals surface area (Å²) in [4.78, 5) is 8.40. The van der Waals surface area contributed by atoms with E-state index in [4.69, 9.17) is 11.6 Å². The molecule has 0 saturated carbocycles. The normalized spacial score (nSPS) is 10.3. The van der Waals surface area contributed by atoms with E-state index in [0.29, 0.717) is 6.54 Å². The Hall–Kier alpha value is -0.880. The smallest absolute Gasteiger partial charge is 0.125 e. The Labute approximate surface area is 119 Å². The Bertz CT molecular complexity index is 531. The summed E-state index contributed by atoms with van der Waals surface area (Å²) < 4.78 is 1.10. The van der Waals surface area contributed by atoms with E-state index < -0.39 is 0 Å². The SMILES string of the molecule is Cc1nccc(CNc2ccc(Cl)cc2I)n1. The number of nitrogens with one attached hydrogen (secondary N) is 1. The van der Waals surface area contributed by atoms with Gasteiger partial charge in [0, 0.05) is 20.5 Å². The van der Waals surface area contributed by atoms with Crippen LogP contribution in [-0.4, -0.2) is 9.97 Å². The molecule has 2 rings (SSSR count). The van der Waals surface area contributed by atoms with Gasteiger partial charge in [-0.1, -0.05) is 11.6 Å². The van der Waals surface area contributed by atoms with Crippen molar-refractivity contribution in [3.05, 3.63) is 50.6 Å². The van der Waals surface area contributed by atoms with Crippen LogP contribution in [0.4, 0.5) is 5.69 Å². The molecule has 2 aromatic rings. The van der Waals surface area contributed by atoms with E-state index in [1.54, 1.807) is 6.20 Å². The quantitative estimate of drug-likeness (QED) is 0.850. The van der Waals surface area contributed by atoms with Gasteiger partial charge in [-0.05, 0) is 53.8 Å². The van der Waals surface area contributed by atoms with Crippen molar-refractivity contribution in [1.29, 1.82) is 0 Å². The number of hydrogen-bond donors (Lipinski definition) is 1. The van der Waals surface area contributed by atoms with Crippen LogP contribution < -0.4 is 5.32 Å². The molecule has 1 aromatic heterocycles. The van der Waals surface area contributed by atoms with Crippen LogP contribution in [0.2, 0.25) is 5.02 Å². The van der Waals surface area contributed by atoms with Crippen LogP contribution in [0.1, 0.15) is 11.5 Å². The maximum atomic E-state index is 5.90. The van der Waals surface area contributed by atoms with E-state index in [9.17, 15) is 0 Å². The van der Waals surface area contributed by atoms with Crippen molar-refractivity contribution in [3.63, 3.8) is 0 Å². The van der Waals surface area contributed by atoms with Crippen LogP contribution in [-0.2, 0) is 6.54 Å². The fourth-order valence-electron chi connectivity index (χ4n) is 1.42. The molecule has 17 heavy (non-hydrogen) atoms. The summed E-state index contributed by atoms with van der Waals surface area (Å²) in [5.74, 6) is 0.787. The highest BCUT2D eigenvalue weighted by atomic mass is 127. The van der Waals surface area contributed by atoms with E-state index in [2.05, 4.69) is 37.9 Å². The average molecular weight is 360 g/mol. The Kier molecular flexibility index (Phi) is 4.17. The van der Waals surface area contributed by atoms with Gasteiger partial charge in [-0.3, -0.25) is 0 Å². The topological polar surface area (TPSA) is 37.8 Å². The first-order valence-electron chi connectivity index (χ1n) is 5.12. The maximum Gasteiger partial charge on any atom is 0.125 e. The molecular formula is C12H11ClIN3. The van der Waals surface area contributed by atoms with Gasteiger partial charge in [0.1, 0.15) is 5.82 Å². The van der Waals surface area contributed by atoms with Crippen LogP contribution >= 0.6 is 34.2 Å². The molecule has 0 atom stereocenters. The second kappa shape index (κ2) is 5.64. The minimum atomic E-state index is 0.682. The van der Waals surface area contributed by atoms with Crippen molar-refractivity contribution in [2.45, 2.75) is 13.5 Å². The zero-order chi connectivity index (χ0) is 12.3. The third-order valence-corrected chi connectivity index (χ3v) is 3.35. The van der Waals surface area contributed by atoms with Crippen LogP contribution in [0.5, 0.6) is 0 Å². The summed E-state index contributed by atoms with van der Waals surface area (Å²) in [6, 6.07) is 7.67. The maximum absolute atomic E-state index is 5.90. The summed E-state index contributed by atoms with van der Waals surface area (Å²) in [5.41, 5.74) is 2.04. The molecule has 5 heteroatoms. The monoisotopic (exact) mass is 359 g/mol. The number of anilines is 1. The van der Waals surface area contributed by atoms with E-state index >= 15 is 0 Å². The van der Waals surface area contributed by atoms with Gasteiger partial charge in [-0.15, -0.1) is 0 Å². The lowest BCUT2D eigenvalue weighted by Gasteiger charge is -2.08. The van der Waals surface area contributed by atoms with Crippen molar-refractivity contribution in [2.75, 3.05) is 5.32 Å². The molecule has 0 aliphatic carbocycles. The lowest BCUT2D eigenvalue weighted by molar-refractivity contribution is 0.955. The minimum absolute atomic E-state index is 0.682. The lowest BCUT2D eigenvalue weighted by atomic mass is 10.3. The van der Waals surface area contributed by atoms with Gasteiger partial charge in [0.05, 0.1) is 12.2 Å². The summed E-state index contributed by atoms with van der Waals surface area (Å²) in [5, 5.41) is 4.08. The molecule has 0 unspecified atom stereocenters. The first-order chi connectivity index (χ1) is 8.15. The van der Waals surface area contributed by atoms with Crippen molar-refractivity contribution in [3.8, 4) is 0 Å². The van der Waals surface area contributed by atoms with Gasteiger partial charge < -0.3 is 5.32 Å². The standard InChI is InChI=1S/C12H11ClIN3/c1-8-15-5-4-10(17-8)7-16-12-3-2-9(13)6-11(12)14/h2-6,16H,7H2,1H3. The largest absolute Gasteiger partial charge is 0.379 e. The van der Waals surface area contributed by atoms with Gasteiger partial charge in [0.25, 0.3) is 0 Å². The van der Waals surface area contributed by atoms with Crippen molar-refractivity contribution in [1.82, 2.24) is 9.97 Å². The van der Waals surface area contributed by atoms with Crippen molar-refractivity contribution >= 4 is 39.9 Å². The predicted octanol–water partition coefficient (Wildman–Crippen LogP) is 3.66. The summed E-state index contributed by atoms with van der Waals surface area (Å²) in [6.07, 6.45) is 1.77. The molecule has 88 valence electrons. The first kappa shape index (κ1) is 12.6. The van der Waals surface area contributed by atoms with Gasteiger partial charge in [-0.25, -0.2) is 9.97 Å². The van der Waals surface area contributed by atoms with Crippen LogP contribution in [0.15, 0.2) is 30.5 Å². The number of aryl methyl sites for hydroxylation is 1. The average Bonchev–Trinajstić information content (AvgIpc) is 2.28. The highest BCUT2D eigenvalue weighted by molar-refractivity contribution is 14.1. The molecule has 0 saturated heterocycles. The van der Waals surface area contributed by atoms with Gasteiger partial charge in [0.2, 0.25) is 0 Å². The third kappa shape index (κ3) is 3.54. The van der Waals surface area contributed by atoms with E-state index in [1.165, 1.54) is 0 Å². The molecule has 1 N–H and O–H groups in total. The van der Waals surface area contributed by atoms with E-state index in [0.717, 1.165) is 25.8 Å². The molecule has 0 radical (unpaired) electrons. The van der Waals surface area contributed by atoms with Crippen LogP contribution in [0.3, 0.4) is 0 Å². The second-order valence-corrected chi connectivity index (χ2v) is 5.17. The van der Waals surface area contributed by atoms with Gasteiger partial charge >= 0.3 is 0 Å². The van der Waals surface area contributed by atoms with Gasteiger partial charge in [-0.2, -0.15) is 0 Å². The molecule has 1 heterocycles. The zero-order valence-corrected chi connectivity index (χ0v) is 12.2. The number of benzene rings is 1. The van der Waals surface area contributed by atoms with Crippen molar-refractivity contribution in [2.24, 2.45) is 0 Å². The fourth-order valence-corrected chi connectivity index (χ4v) is 2.48. The Morgan fingerprint density at radius 1 is 1.35 bits per heavy atom. The minimum Gasteiger partial charge on any atom is -0.379 e.